The Bertz CT molecular complexity index is 1240. The number of Topliss-reactive ketones (excluding diaryl/α,β-unsaturated/α-hetero) is 1. The molecule has 0 saturated heterocycles. The zero-order valence-corrected chi connectivity index (χ0v) is 18.3. The summed E-state index contributed by atoms with van der Waals surface area (Å²) in [5.74, 6) is 0.933. The first kappa shape index (κ1) is 21.6. The van der Waals surface area contributed by atoms with Gasteiger partial charge in [0.05, 0.1) is 31.1 Å². The van der Waals surface area contributed by atoms with Crippen molar-refractivity contribution < 1.29 is 18.7 Å². The highest BCUT2D eigenvalue weighted by Crippen LogP contribution is 2.31. The molecule has 0 fully saturated rings. The predicted molar refractivity (Wildman–Crippen MR) is 121 cm³/mol. The Kier molecular flexibility index (Phi) is 6.51. The number of ketones is 1. The smallest absolute Gasteiger partial charge is 0.196 e. The molecule has 0 unspecified atom stereocenters. The van der Waals surface area contributed by atoms with Crippen LogP contribution in [0.25, 0.3) is 17.1 Å². The molecule has 1 aromatic heterocycles. The van der Waals surface area contributed by atoms with Crippen molar-refractivity contribution in [1.29, 1.82) is 0 Å². The van der Waals surface area contributed by atoms with Gasteiger partial charge in [0.1, 0.15) is 17.3 Å². The topological polar surface area (TPSA) is 66.2 Å². The molecule has 0 radical (unpaired) electrons. The maximum Gasteiger partial charge on any atom is 0.196 e. The summed E-state index contributed by atoms with van der Waals surface area (Å²) < 4.78 is 26.8. The van der Waals surface area contributed by atoms with Crippen LogP contribution in [0.15, 0.2) is 78.0 Å². The molecule has 0 aliphatic carbocycles. The third kappa shape index (κ3) is 4.36. The lowest BCUT2D eigenvalue weighted by atomic mass is 10.1. The van der Waals surface area contributed by atoms with E-state index in [1.54, 1.807) is 41.0 Å². The van der Waals surface area contributed by atoms with E-state index in [0.29, 0.717) is 33.6 Å². The van der Waals surface area contributed by atoms with Crippen LogP contribution in [0.4, 0.5) is 4.39 Å². The van der Waals surface area contributed by atoms with Crippen LogP contribution in [0, 0.1) is 5.82 Å². The number of para-hydroxylation sites is 1. The fraction of sp³-hybridized carbons (Fsp3) is 0.125. The number of methoxy groups -OCH3 is 2. The predicted octanol–water partition coefficient (Wildman–Crippen LogP) is 5.07. The monoisotopic (exact) mass is 449 g/mol. The molecule has 4 rings (SSSR count). The number of carbonyl (C=O) groups is 1. The number of nitrogens with zero attached hydrogens (tertiary/aromatic N) is 3. The normalized spacial score (nSPS) is 10.7. The Balaban J connectivity index is 1.68. The maximum absolute atomic E-state index is 14.5. The molecule has 3 aromatic carbocycles. The SMILES string of the molecule is COc1ccc(OC)c(C(=O)CSc2nnc(-c3ccccc3F)n2-c2ccccc2)c1. The lowest BCUT2D eigenvalue weighted by Crippen LogP contribution is -2.07. The summed E-state index contributed by atoms with van der Waals surface area (Å²) in [6, 6.07) is 20.9. The van der Waals surface area contributed by atoms with Crippen LogP contribution in [0.3, 0.4) is 0 Å². The van der Waals surface area contributed by atoms with Gasteiger partial charge in [0.25, 0.3) is 0 Å². The van der Waals surface area contributed by atoms with Gasteiger partial charge in [-0.3, -0.25) is 9.36 Å². The number of carbonyl (C=O) groups excluding carboxylic acids is 1. The Hall–Kier alpha value is -3.65. The summed E-state index contributed by atoms with van der Waals surface area (Å²) in [6.45, 7) is 0. The molecule has 0 N–H and O–H groups in total. The summed E-state index contributed by atoms with van der Waals surface area (Å²) in [6.07, 6.45) is 0. The second-order valence-corrected chi connectivity index (χ2v) is 7.68. The first-order valence-corrected chi connectivity index (χ1v) is 10.7. The molecule has 0 atom stereocenters. The highest BCUT2D eigenvalue weighted by molar-refractivity contribution is 7.99. The number of rotatable bonds is 8. The molecular weight excluding hydrogens is 429 g/mol. The summed E-state index contributed by atoms with van der Waals surface area (Å²) in [4.78, 5) is 13.0. The second kappa shape index (κ2) is 9.65. The van der Waals surface area contributed by atoms with Crippen LogP contribution in [0.1, 0.15) is 10.4 Å². The maximum atomic E-state index is 14.5. The van der Waals surface area contributed by atoms with Crippen LogP contribution < -0.4 is 9.47 Å². The molecule has 1 heterocycles. The van der Waals surface area contributed by atoms with E-state index in [-0.39, 0.29) is 11.5 Å². The third-order valence-corrected chi connectivity index (χ3v) is 5.73. The Morgan fingerprint density at radius 2 is 1.72 bits per heavy atom. The number of aromatic nitrogens is 3. The van der Waals surface area contributed by atoms with Gasteiger partial charge in [-0.1, -0.05) is 42.1 Å². The van der Waals surface area contributed by atoms with Gasteiger partial charge in [-0.2, -0.15) is 0 Å². The average molecular weight is 450 g/mol. The standard InChI is InChI=1S/C24H20FN3O3S/c1-30-17-12-13-22(31-2)19(14-17)21(29)15-32-24-27-26-23(18-10-6-7-11-20(18)25)28(24)16-8-4-3-5-9-16/h3-14H,15H2,1-2H3. The fourth-order valence-electron chi connectivity index (χ4n) is 3.23. The van der Waals surface area contributed by atoms with Crippen molar-refractivity contribution in [2.24, 2.45) is 0 Å². The molecule has 6 nitrogen and oxygen atoms in total. The Morgan fingerprint density at radius 1 is 0.969 bits per heavy atom. The van der Waals surface area contributed by atoms with Crippen molar-refractivity contribution in [1.82, 2.24) is 14.8 Å². The van der Waals surface area contributed by atoms with Gasteiger partial charge in [-0.25, -0.2) is 4.39 Å². The van der Waals surface area contributed by atoms with Crippen LogP contribution in [-0.2, 0) is 0 Å². The summed E-state index contributed by atoms with van der Waals surface area (Å²) in [5, 5.41) is 8.96. The van der Waals surface area contributed by atoms with E-state index >= 15 is 0 Å². The van der Waals surface area contributed by atoms with Crippen molar-refractivity contribution in [3.63, 3.8) is 0 Å². The minimum atomic E-state index is -0.397. The molecule has 32 heavy (non-hydrogen) atoms. The summed E-state index contributed by atoms with van der Waals surface area (Å²) in [7, 11) is 3.05. The van der Waals surface area contributed by atoms with Gasteiger partial charge in [-0.05, 0) is 42.5 Å². The molecule has 0 aliphatic heterocycles. The Labute approximate surface area is 189 Å². The van der Waals surface area contributed by atoms with E-state index in [4.69, 9.17) is 9.47 Å². The number of benzene rings is 3. The fourth-order valence-corrected chi connectivity index (χ4v) is 4.07. The van der Waals surface area contributed by atoms with Gasteiger partial charge in [0.15, 0.2) is 16.8 Å². The third-order valence-electron chi connectivity index (χ3n) is 4.80. The minimum Gasteiger partial charge on any atom is -0.497 e. The first-order valence-electron chi connectivity index (χ1n) is 9.76. The zero-order valence-electron chi connectivity index (χ0n) is 17.5. The minimum absolute atomic E-state index is 0.0891. The van der Waals surface area contributed by atoms with Crippen molar-refractivity contribution >= 4 is 17.5 Å². The van der Waals surface area contributed by atoms with E-state index < -0.39 is 5.82 Å². The second-order valence-electron chi connectivity index (χ2n) is 6.74. The number of hydrogen-bond acceptors (Lipinski definition) is 6. The summed E-state index contributed by atoms with van der Waals surface area (Å²) >= 11 is 1.22. The van der Waals surface area contributed by atoms with E-state index in [9.17, 15) is 9.18 Å². The van der Waals surface area contributed by atoms with E-state index in [2.05, 4.69) is 10.2 Å². The molecular formula is C24H20FN3O3S. The lowest BCUT2D eigenvalue weighted by Gasteiger charge is -2.11. The number of hydrogen-bond donors (Lipinski definition) is 0. The van der Waals surface area contributed by atoms with Gasteiger partial charge < -0.3 is 9.47 Å². The van der Waals surface area contributed by atoms with E-state index in [1.165, 1.54) is 32.0 Å². The molecule has 162 valence electrons. The van der Waals surface area contributed by atoms with Crippen LogP contribution >= 0.6 is 11.8 Å². The molecule has 8 heteroatoms. The average Bonchev–Trinajstić information content (AvgIpc) is 3.26. The molecule has 0 amide bonds. The molecule has 0 spiro atoms. The highest BCUT2D eigenvalue weighted by Gasteiger charge is 2.21. The van der Waals surface area contributed by atoms with Crippen LogP contribution in [0.5, 0.6) is 11.5 Å². The van der Waals surface area contributed by atoms with Crippen molar-refractivity contribution in [2.75, 3.05) is 20.0 Å². The zero-order chi connectivity index (χ0) is 22.5. The van der Waals surface area contributed by atoms with Gasteiger partial charge in [0, 0.05) is 5.69 Å². The number of halogens is 1. The highest BCUT2D eigenvalue weighted by atomic mass is 32.2. The van der Waals surface area contributed by atoms with Crippen LogP contribution in [0.2, 0.25) is 0 Å². The van der Waals surface area contributed by atoms with Crippen molar-refractivity contribution in [2.45, 2.75) is 5.16 Å². The molecule has 4 aromatic rings. The quantitative estimate of drug-likeness (QED) is 0.277. The first-order chi connectivity index (χ1) is 15.6. The van der Waals surface area contributed by atoms with Crippen molar-refractivity contribution in [3.8, 4) is 28.6 Å². The summed E-state index contributed by atoms with van der Waals surface area (Å²) in [5.41, 5.74) is 1.51. The van der Waals surface area contributed by atoms with Gasteiger partial charge in [-0.15, -0.1) is 10.2 Å². The van der Waals surface area contributed by atoms with Gasteiger partial charge >= 0.3 is 0 Å². The van der Waals surface area contributed by atoms with E-state index in [1.807, 2.05) is 30.3 Å². The van der Waals surface area contributed by atoms with Crippen molar-refractivity contribution in [3.05, 3.63) is 84.2 Å². The number of thioether (sulfide) groups is 1. The molecule has 0 aliphatic rings. The number of ether oxygens (including phenoxy) is 2. The molecule has 0 bridgehead atoms. The van der Waals surface area contributed by atoms with E-state index in [0.717, 1.165) is 5.69 Å². The van der Waals surface area contributed by atoms with Crippen LogP contribution in [-0.4, -0.2) is 40.5 Å². The van der Waals surface area contributed by atoms with Gasteiger partial charge in [0.2, 0.25) is 0 Å². The lowest BCUT2D eigenvalue weighted by molar-refractivity contribution is 0.101. The Morgan fingerprint density at radius 3 is 2.44 bits per heavy atom. The largest absolute Gasteiger partial charge is 0.497 e. The molecule has 0 saturated carbocycles.